The minimum absolute atomic E-state index is 0.164. The number of hydrogen-bond donors (Lipinski definition) is 1. The minimum atomic E-state index is -0.180. The van der Waals surface area contributed by atoms with E-state index in [1.54, 1.807) is 7.11 Å². The number of carbonyl (C=O) groups excluding carboxylic acids is 1. The number of nitrogens with one attached hydrogen (secondary N) is 1. The summed E-state index contributed by atoms with van der Waals surface area (Å²) in [5.41, 5.74) is 1.22. The van der Waals surface area contributed by atoms with Crippen LogP contribution in [0.2, 0.25) is 0 Å². The molecule has 5 heteroatoms. The van der Waals surface area contributed by atoms with E-state index >= 15 is 0 Å². The smallest absolute Gasteiger partial charge is 0.319 e. The first-order valence-corrected chi connectivity index (χ1v) is 7.67. The molecular weight excluding hydrogens is 274 g/mol. The zero-order chi connectivity index (χ0) is 14.8. The zero-order valence-corrected chi connectivity index (χ0v) is 13.2. The van der Waals surface area contributed by atoms with Crippen LogP contribution in [-0.2, 0) is 20.8 Å². The highest BCUT2D eigenvalue weighted by Gasteiger charge is 2.14. The molecule has 20 heavy (non-hydrogen) atoms. The summed E-state index contributed by atoms with van der Waals surface area (Å²) in [6.07, 6.45) is 0. The van der Waals surface area contributed by atoms with E-state index in [9.17, 15) is 4.79 Å². The minimum Gasteiger partial charge on any atom is -0.465 e. The maximum Gasteiger partial charge on any atom is 0.319 e. The molecule has 0 spiro atoms. The van der Waals surface area contributed by atoms with Crippen LogP contribution in [0.25, 0.3) is 0 Å². The van der Waals surface area contributed by atoms with Crippen molar-refractivity contribution in [2.24, 2.45) is 0 Å². The summed E-state index contributed by atoms with van der Waals surface area (Å²) in [5.74, 6) is -0.164. The fourth-order valence-corrected chi connectivity index (χ4v) is 2.47. The van der Waals surface area contributed by atoms with Crippen LogP contribution in [0.15, 0.2) is 29.2 Å². The number of methoxy groups -OCH3 is 1. The van der Waals surface area contributed by atoms with Gasteiger partial charge in [0.2, 0.25) is 0 Å². The standard InChI is InChI=1S/C15H23NO3S/c1-4-19-15(17)12(2)20-14-7-5-13(6-8-14)11-16-9-10-18-3/h5-8,12,16H,4,9-11H2,1-3H3. The summed E-state index contributed by atoms with van der Waals surface area (Å²) < 4.78 is 9.97. The lowest BCUT2D eigenvalue weighted by Crippen LogP contribution is -2.18. The van der Waals surface area contributed by atoms with E-state index in [-0.39, 0.29) is 11.2 Å². The molecule has 0 heterocycles. The van der Waals surface area contributed by atoms with Crippen molar-refractivity contribution in [3.63, 3.8) is 0 Å². The number of carbonyl (C=O) groups is 1. The van der Waals surface area contributed by atoms with Gasteiger partial charge in [0.1, 0.15) is 5.25 Å². The van der Waals surface area contributed by atoms with Gasteiger partial charge >= 0.3 is 5.97 Å². The van der Waals surface area contributed by atoms with Crippen molar-refractivity contribution < 1.29 is 14.3 Å². The molecule has 0 aliphatic carbocycles. The van der Waals surface area contributed by atoms with Gasteiger partial charge in [-0.05, 0) is 31.5 Å². The van der Waals surface area contributed by atoms with Crippen molar-refractivity contribution in [1.82, 2.24) is 5.32 Å². The lowest BCUT2D eigenvalue weighted by molar-refractivity contribution is -0.142. The van der Waals surface area contributed by atoms with Gasteiger partial charge in [0, 0.05) is 25.1 Å². The monoisotopic (exact) mass is 297 g/mol. The third-order valence-electron chi connectivity index (χ3n) is 2.67. The first kappa shape index (κ1) is 17.0. The Morgan fingerprint density at radius 3 is 2.65 bits per heavy atom. The van der Waals surface area contributed by atoms with Gasteiger partial charge in [-0.1, -0.05) is 12.1 Å². The number of rotatable bonds is 9. The summed E-state index contributed by atoms with van der Waals surface area (Å²) in [6.45, 7) is 6.49. The average Bonchev–Trinajstić information content (AvgIpc) is 2.45. The predicted molar refractivity (Wildman–Crippen MR) is 82.0 cm³/mol. The molecule has 0 radical (unpaired) electrons. The Hall–Kier alpha value is -1.04. The number of thioether (sulfide) groups is 1. The summed E-state index contributed by atoms with van der Waals surface area (Å²) in [5, 5.41) is 3.11. The van der Waals surface area contributed by atoms with Gasteiger partial charge in [-0.3, -0.25) is 4.79 Å². The van der Waals surface area contributed by atoms with Crippen LogP contribution >= 0.6 is 11.8 Å². The van der Waals surface area contributed by atoms with Crippen LogP contribution in [0.5, 0.6) is 0 Å². The second kappa shape index (κ2) is 9.80. The molecule has 112 valence electrons. The molecule has 1 N–H and O–H groups in total. The number of hydrogen-bond acceptors (Lipinski definition) is 5. The van der Waals surface area contributed by atoms with Crippen LogP contribution in [0.1, 0.15) is 19.4 Å². The van der Waals surface area contributed by atoms with Gasteiger partial charge in [-0.25, -0.2) is 0 Å². The molecule has 0 aliphatic rings. The molecule has 0 saturated carbocycles. The Morgan fingerprint density at radius 2 is 2.05 bits per heavy atom. The van der Waals surface area contributed by atoms with Crippen molar-refractivity contribution in [3.05, 3.63) is 29.8 Å². The number of esters is 1. The van der Waals surface area contributed by atoms with Crippen LogP contribution in [0.4, 0.5) is 0 Å². The predicted octanol–water partition coefficient (Wildman–Crippen LogP) is 2.47. The molecule has 0 saturated heterocycles. The van der Waals surface area contributed by atoms with E-state index in [0.29, 0.717) is 13.2 Å². The van der Waals surface area contributed by atoms with E-state index in [2.05, 4.69) is 17.4 Å². The van der Waals surface area contributed by atoms with Crippen molar-refractivity contribution in [3.8, 4) is 0 Å². The van der Waals surface area contributed by atoms with Crippen molar-refractivity contribution >= 4 is 17.7 Å². The van der Waals surface area contributed by atoms with E-state index in [1.165, 1.54) is 17.3 Å². The topological polar surface area (TPSA) is 47.6 Å². The number of benzene rings is 1. The molecule has 0 fully saturated rings. The Morgan fingerprint density at radius 1 is 1.35 bits per heavy atom. The zero-order valence-electron chi connectivity index (χ0n) is 12.3. The summed E-state index contributed by atoms with van der Waals surface area (Å²) >= 11 is 1.52. The van der Waals surface area contributed by atoms with Gasteiger partial charge in [-0.15, -0.1) is 11.8 Å². The highest BCUT2D eigenvalue weighted by molar-refractivity contribution is 8.00. The van der Waals surface area contributed by atoms with Crippen LogP contribution in [0.3, 0.4) is 0 Å². The fourth-order valence-electron chi connectivity index (χ4n) is 1.60. The van der Waals surface area contributed by atoms with Gasteiger partial charge in [-0.2, -0.15) is 0 Å². The molecule has 0 bridgehead atoms. The van der Waals surface area contributed by atoms with Gasteiger partial charge in [0.05, 0.1) is 13.2 Å². The third kappa shape index (κ3) is 6.41. The normalized spacial score (nSPS) is 12.2. The highest BCUT2D eigenvalue weighted by Crippen LogP contribution is 2.24. The summed E-state index contributed by atoms with van der Waals surface area (Å²) in [7, 11) is 1.69. The third-order valence-corrected chi connectivity index (χ3v) is 3.76. The molecule has 0 amide bonds. The van der Waals surface area contributed by atoms with E-state index in [0.717, 1.165) is 18.0 Å². The van der Waals surface area contributed by atoms with Crippen molar-refractivity contribution in [1.29, 1.82) is 0 Å². The maximum atomic E-state index is 11.6. The first-order chi connectivity index (χ1) is 9.67. The quantitative estimate of drug-likeness (QED) is 0.431. The molecule has 1 rings (SSSR count). The van der Waals surface area contributed by atoms with Gasteiger partial charge in [0.15, 0.2) is 0 Å². The molecule has 4 nitrogen and oxygen atoms in total. The van der Waals surface area contributed by atoms with Crippen molar-refractivity contribution in [2.75, 3.05) is 26.9 Å². The molecule has 1 atom stereocenters. The SMILES string of the molecule is CCOC(=O)C(C)Sc1ccc(CNCCOC)cc1. The van der Waals surface area contributed by atoms with Crippen LogP contribution in [0, 0.1) is 0 Å². The lowest BCUT2D eigenvalue weighted by atomic mass is 10.2. The van der Waals surface area contributed by atoms with E-state index in [4.69, 9.17) is 9.47 Å². The largest absolute Gasteiger partial charge is 0.465 e. The Kier molecular flexibility index (Phi) is 8.34. The molecule has 1 aromatic rings. The van der Waals surface area contributed by atoms with Crippen molar-refractivity contribution in [2.45, 2.75) is 30.5 Å². The average molecular weight is 297 g/mol. The first-order valence-electron chi connectivity index (χ1n) is 6.79. The molecule has 1 unspecified atom stereocenters. The van der Waals surface area contributed by atoms with E-state index < -0.39 is 0 Å². The van der Waals surface area contributed by atoms with Crippen LogP contribution in [-0.4, -0.2) is 38.1 Å². The Balaban J connectivity index is 2.40. The van der Waals surface area contributed by atoms with Gasteiger partial charge < -0.3 is 14.8 Å². The summed E-state index contributed by atoms with van der Waals surface area (Å²) in [4.78, 5) is 12.6. The highest BCUT2D eigenvalue weighted by atomic mass is 32.2. The molecule has 1 aromatic carbocycles. The molecule has 0 aliphatic heterocycles. The lowest BCUT2D eigenvalue weighted by Gasteiger charge is -2.10. The number of ether oxygens (including phenoxy) is 2. The second-order valence-electron chi connectivity index (χ2n) is 4.33. The Labute approximate surface area is 125 Å². The molecular formula is C15H23NO3S. The Bertz CT molecular complexity index is 395. The van der Waals surface area contributed by atoms with E-state index in [1.807, 2.05) is 26.0 Å². The molecule has 0 aromatic heterocycles. The van der Waals surface area contributed by atoms with Gasteiger partial charge in [0.25, 0.3) is 0 Å². The second-order valence-corrected chi connectivity index (χ2v) is 5.74. The van der Waals surface area contributed by atoms with Crippen LogP contribution < -0.4 is 5.32 Å². The fraction of sp³-hybridized carbons (Fsp3) is 0.533. The maximum absolute atomic E-state index is 11.6. The summed E-state index contributed by atoms with van der Waals surface area (Å²) in [6, 6.07) is 8.21.